The first-order valence-corrected chi connectivity index (χ1v) is 9.52. The van der Waals surface area contributed by atoms with Crippen molar-refractivity contribution in [3.05, 3.63) is 68.3 Å². The second kappa shape index (κ2) is 7.86. The smallest absolute Gasteiger partial charge is 0.343 e. The molecule has 0 amide bonds. The Kier molecular flexibility index (Phi) is 5.68. The molecule has 5 nitrogen and oxygen atoms in total. The largest absolute Gasteiger partial charge is 0.505 e. The first-order chi connectivity index (χ1) is 13.2. The Bertz CT molecular complexity index is 1060. The first-order valence-electron chi connectivity index (χ1n) is 8.77. The van der Waals surface area contributed by atoms with Crippen molar-refractivity contribution in [1.82, 2.24) is 4.57 Å². The van der Waals surface area contributed by atoms with E-state index < -0.39 is 5.97 Å². The molecule has 1 aliphatic rings. The maximum absolute atomic E-state index is 12.1. The van der Waals surface area contributed by atoms with Gasteiger partial charge in [0.25, 0.3) is 0 Å². The Morgan fingerprint density at radius 3 is 2.57 bits per heavy atom. The van der Waals surface area contributed by atoms with E-state index in [1.54, 1.807) is 32.1 Å². The number of aromatic nitrogens is 1. The molecule has 1 N–H and O–H groups in total. The van der Waals surface area contributed by atoms with Crippen LogP contribution in [0.5, 0.6) is 0 Å². The molecule has 1 aromatic heterocycles. The van der Waals surface area contributed by atoms with E-state index in [0.29, 0.717) is 21.5 Å². The first kappa shape index (κ1) is 20.2. The predicted molar refractivity (Wildman–Crippen MR) is 113 cm³/mol. The Labute approximate surface area is 173 Å². The van der Waals surface area contributed by atoms with Gasteiger partial charge in [-0.15, -0.1) is 0 Å². The molecule has 2 aromatic rings. The van der Waals surface area contributed by atoms with Crippen molar-refractivity contribution in [3.8, 4) is 5.69 Å². The third kappa shape index (κ3) is 3.60. The number of rotatable bonds is 4. The number of aliphatic hydroxyl groups excluding tert-OH is 1. The van der Waals surface area contributed by atoms with Gasteiger partial charge in [-0.3, -0.25) is 0 Å². The molecular weight excluding hydrogens is 399 g/mol. The Morgan fingerprint density at radius 2 is 1.93 bits per heavy atom. The zero-order valence-corrected chi connectivity index (χ0v) is 17.5. The lowest BCUT2D eigenvalue weighted by atomic mass is 10.1. The van der Waals surface area contributed by atoms with E-state index in [2.05, 4.69) is 4.99 Å². The van der Waals surface area contributed by atoms with Crippen molar-refractivity contribution in [2.75, 3.05) is 6.61 Å². The molecule has 28 heavy (non-hydrogen) atoms. The van der Waals surface area contributed by atoms with E-state index in [1.165, 1.54) is 0 Å². The average molecular weight is 419 g/mol. The van der Waals surface area contributed by atoms with Crippen molar-refractivity contribution >= 4 is 41.0 Å². The molecule has 0 unspecified atom stereocenters. The van der Waals surface area contributed by atoms with Crippen LogP contribution in [0.4, 0.5) is 0 Å². The van der Waals surface area contributed by atoms with Crippen molar-refractivity contribution < 1.29 is 14.6 Å². The molecule has 2 heterocycles. The number of esters is 1. The fourth-order valence-corrected chi connectivity index (χ4v) is 3.53. The Hall–Kier alpha value is -2.50. The number of hydrogen-bond donors (Lipinski definition) is 1. The minimum Gasteiger partial charge on any atom is -0.505 e. The van der Waals surface area contributed by atoms with Crippen molar-refractivity contribution in [1.29, 1.82) is 0 Å². The molecule has 1 aliphatic heterocycles. The summed E-state index contributed by atoms with van der Waals surface area (Å²) in [6.07, 6.45) is 1.75. The van der Waals surface area contributed by atoms with Crippen LogP contribution in [0.15, 0.2) is 46.3 Å². The van der Waals surface area contributed by atoms with Crippen LogP contribution in [0.3, 0.4) is 0 Å². The number of carbonyl (C=O) groups is 1. The van der Waals surface area contributed by atoms with Gasteiger partial charge in [0, 0.05) is 17.1 Å². The molecule has 0 saturated carbocycles. The average Bonchev–Trinajstić information content (AvgIpc) is 3.06. The molecular formula is C21H20Cl2N2O3. The number of benzene rings is 1. The van der Waals surface area contributed by atoms with Gasteiger partial charge in [0.2, 0.25) is 0 Å². The summed E-state index contributed by atoms with van der Waals surface area (Å²) < 4.78 is 7.03. The minimum atomic E-state index is -0.578. The van der Waals surface area contributed by atoms with Gasteiger partial charge in [-0.1, -0.05) is 23.2 Å². The zero-order valence-electron chi connectivity index (χ0n) is 16.0. The summed E-state index contributed by atoms with van der Waals surface area (Å²) in [7, 11) is 0. The number of aliphatic imine (C=N–C) groups is 1. The summed E-state index contributed by atoms with van der Waals surface area (Å²) in [5.74, 6) is -0.749. The second-order valence-corrected chi connectivity index (χ2v) is 7.25. The topological polar surface area (TPSA) is 63.8 Å². The molecule has 0 saturated heterocycles. The van der Waals surface area contributed by atoms with Crippen LogP contribution in [0.1, 0.15) is 30.8 Å². The summed E-state index contributed by atoms with van der Waals surface area (Å²) in [6, 6.07) is 7.42. The van der Waals surface area contributed by atoms with Gasteiger partial charge in [-0.2, -0.15) is 0 Å². The molecule has 146 valence electrons. The fourth-order valence-electron chi connectivity index (χ4n) is 3.24. The molecule has 0 radical (unpaired) electrons. The van der Waals surface area contributed by atoms with Crippen LogP contribution >= 0.6 is 23.2 Å². The summed E-state index contributed by atoms with van der Waals surface area (Å²) in [5.41, 5.74) is 4.53. The quantitative estimate of drug-likeness (QED) is 0.657. The lowest BCUT2D eigenvalue weighted by Crippen LogP contribution is -2.13. The highest BCUT2D eigenvalue weighted by Crippen LogP contribution is 2.31. The van der Waals surface area contributed by atoms with E-state index in [4.69, 9.17) is 27.9 Å². The number of aryl methyl sites for hydroxylation is 1. The van der Waals surface area contributed by atoms with E-state index in [1.807, 2.05) is 30.5 Å². The number of carbonyl (C=O) groups excluding carboxylic acids is 1. The van der Waals surface area contributed by atoms with E-state index in [0.717, 1.165) is 22.6 Å². The molecule has 1 aromatic carbocycles. The number of halogens is 2. The van der Waals surface area contributed by atoms with Gasteiger partial charge in [-0.25, -0.2) is 9.79 Å². The van der Waals surface area contributed by atoms with Gasteiger partial charge in [0.05, 0.1) is 22.4 Å². The fraction of sp³-hybridized carbons (Fsp3) is 0.238. The number of ether oxygens (including phenoxy) is 1. The van der Waals surface area contributed by atoms with Crippen LogP contribution in [0, 0.1) is 13.8 Å². The monoisotopic (exact) mass is 418 g/mol. The van der Waals surface area contributed by atoms with Crippen LogP contribution in [0.25, 0.3) is 11.8 Å². The lowest BCUT2D eigenvalue weighted by Gasteiger charge is -2.10. The Morgan fingerprint density at radius 1 is 1.21 bits per heavy atom. The maximum atomic E-state index is 12.1. The number of nitrogens with zero attached hydrogens (tertiary/aromatic N) is 2. The Balaban J connectivity index is 2.05. The molecule has 3 rings (SSSR count). The van der Waals surface area contributed by atoms with E-state index in [-0.39, 0.29) is 17.9 Å². The normalized spacial score (nSPS) is 15.4. The third-order valence-corrected chi connectivity index (χ3v) is 5.27. The molecule has 0 spiro atoms. The summed E-state index contributed by atoms with van der Waals surface area (Å²) in [5, 5.41) is 11.5. The highest BCUT2D eigenvalue weighted by atomic mass is 35.5. The van der Waals surface area contributed by atoms with Crippen molar-refractivity contribution in [3.63, 3.8) is 0 Å². The molecule has 7 heteroatoms. The van der Waals surface area contributed by atoms with Crippen molar-refractivity contribution in [2.45, 2.75) is 27.7 Å². The predicted octanol–water partition coefficient (Wildman–Crippen LogP) is 5.59. The SMILES string of the molecule is CCOC(=O)C1=C(O)/C(=C/c2cc(C)n(-c3ccc(Cl)c(Cl)c3)c2C)N=C1C. The zero-order chi connectivity index (χ0) is 20.6. The molecule has 0 fully saturated rings. The third-order valence-electron chi connectivity index (χ3n) is 4.53. The maximum Gasteiger partial charge on any atom is 0.343 e. The standard InChI is InChI=1S/C21H20Cl2N2O3/c1-5-28-21(27)19-12(3)24-18(20(19)26)9-14-8-11(2)25(13(14)4)15-6-7-16(22)17(23)10-15/h6-10,26H,5H2,1-4H3/b18-9-. The van der Waals surface area contributed by atoms with Crippen molar-refractivity contribution in [2.24, 2.45) is 4.99 Å². The van der Waals surface area contributed by atoms with Crippen LogP contribution in [0.2, 0.25) is 10.0 Å². The minimum absolute atomic E-state index is 0.103. The van der Waals surface area contributed by atoms with Gasteiger partial charge in [-0.05, 0) is 63.6 Å². The summed E-state index contributed by atoms with van der Waals surface area (Å²) in [6.45, 7) is 7.54. The molecule has 0 atom stereocenters. The van der Waals surface area contributed by atoms with E-state index >= 15 is 0 Å². The lowest BCUT2D eigenvalue weighted by molar-refractivity contribution is -0.138. The second-order valence-electron chi connectivity index (χ2n) is 6.43. The highest BCUT2D eigenvalue weighted by molar-refractivity contribution is 6.42. The van der Waals surface area contributed by atoms with Crippen LogP contribution < -0.4 is 0 Å². The van der Waals surface area contributed by atoms with Gasteiger partial charge >= 0.3 is 5.97 Å². The van der Waals surface area contributed by atoms with Gasteiger partial charge < -0.3 is 14.4 Å². The van der Waals surface area contributed by atoms with Crippen LogP contribution in [-0.4, -0.2) is 28.0 Å². The van der Waals surface area contributed by atoms with E-state index in [9.17, 15) is 9.90 Å². The molecule has 0 bridgehead atoms. The van der Waals surface area contributed by atoms with Gasteiger partial charge in [0.1, 0.15) is 11.3 Å². The van der Waals surface area contributed by atoms with Crippen LogP contribution in [-0.2, 0) is 9.53 Å². The number of hydrogen-bond acceptors (Lipinski definition) is 4. The summed E-state index contributed by atoms with van der Waals surface area (Å²) in [4.78, 5) is 16.4. The van der Waals surface area contributed by atoms with Gasteiger partial charge in [0.15, 0.2) is 5.76 Å². The highest BCUT2D eigenvalue weighted by Gasteiger charge is 2.28. The number of aliphatic hydroxyl groups is 1. The summed E-state index contributed by atoms with van der Waals surface area (Å²) >= 11 is 12.2. The molecule has 0 aliphatic carbocycles.